The second kappa shape index (κ2) is 11.0. The molecule has 1 aliphatic rings. The lowest BCUT2D eigenvalue weighted by Crippen LogP contribution is -2.47. The molecular formula is C16H39N3O3Si2. The molecule has 0 atom stereocenters. The molecule has 0 saturated carbocycles. The zero-order valence-corrected chi connectivity index (χ0v) is 18.7. The minimum absolute atomic E-state index is 0.724. The van der Waals surface area contributed by atoms with Crippen LogP contribution in [-0.4, -0.2) is 93.6 Å². The van der Waals surface area contributed by atoms with E-state index in [1.165, 1.54) is 0 Å². The molecule has 144 valence electrons. The second-order valence-corrected chi connectivity index (χ2v) is 15.7. The first-order valence-electron chi connectivity index (χ1n) is 9.21. The van der Waals surface area contributed by atoms with E-state index in [4.69, 9.17) is 13.3 Å². The van der Waals surface area contributed by atoms with E-state index in [0.717, 1.165) is 64.8 Å². The topological polar surface area (TPSA) is 46.2 Å². The smallest absolute Gasteiger partial charge is 0.377 e. The Labute approximate surface area is 151 Å². The Bertz CT molecular complexity index is 333. The Morgan fingerprint density at radius 3 is 2.21 bits per heavy atom. The van der Waals surface area contributed by atoms with Gasteiger partial charge in [-0.3, -0.25) is 0 Å². The molecule has 24 heavy (non-hydrogen) atoms. The SMILES string of the molecule is CO[Si](CCCN(C)[Si](C)(C)C)(OC)OCCCN1CCNCC1. The molecule has 0 aromatic rings. The first kappa shape index (κ1) is 22.2. The monoisotopic (exact) mass is 377 g/mol. The van der Waals surface area contributed by atoms with Crippen LogP contribution in [0.4, 0.5) is 0 Å². The van der Waals surface area contributed by atoms with Gasteiger partial charge in [0.25, 0.3) is 0 Å². The number of hydrogen-bond acceptors (Lipinski definition) is 6. The molecular weight excluding hydrogens is 338 g/mol. The van der Waals surface area contributed by atoms with Crippen LogP contribution in [0.1, 0.15) is 12.8 Å². The minimum atomic E-state index is -2.50. The molecule has 0 radical (unpaired) electrons. The Balaban J connectivity index is 2.29. The van der Waals surface area contributed by atoms with Crippen molar-refractivity contribution in [1.29, 1.82) is 0 Å². The van der Waals surface area contributed by atoms with Gasteiger partial charge >= 0.3 is 8.80 Å². The minimum Gasteiger partial charge on any atom is -0.377 e. The van der Waals surface area contributed by atoms with Gasteiger partial charge in [0.1, 0.15) is 8.24 Å². The molecule has 0 spiro atoms. The quantitative estimate of drug-likeness (QED) is 0.412. The fraction of sp³-hybridized carbons (Fsp3) is 1.00. The van der Waals surface area contributed by atoms with E-state index >= 15 is 0 Å². The predicted octanol–water partition coefficient (Wildman–Crippen LogP) is 1.69. The summed E-state index contributed by atoms with van der Waals surface area (Å²) in [7, 11) is 1.98. The number of rotatable bonds is 12. The van der Waals surface area contributed by atoms with Crippen molar-refractivity contribution in [2.24, 2.45) is 0 Å². The third-order valence-corrected chi connectivity index (χ3v) is 10.3. The molecule has 1 N–H and O–H groups in total. The fourth-order valence-corrected chi connectivity index (χ4v) is 5.63. The lowest BCUT2D eigenvalue weighted by molar-refractivity contribution is 0.0912. The van der Waals surface area contributed by atoms with Crippen LogP contribution >= 0.6 is 0 Å². The van der Waals surface area contributed by atoms with Gasteiger partial charge in [0.15, 0.2) is 0 Å². The summed E-state index contributed by atoms with van der Waals surface area (Å²) in [6.45, 7) is 14.5. The summed E-state index contributed by atoms with van der Waals surface area (Å²) in [6, 6.07) is 0.891. The number of piperazine rings is 1. The van der Waals surface area contributed by atoms with E-state index in [0.29, 0.717) is 0 Å². The van der Waals surface area contributed by atoms with Crippen LogP contribution < -0.4 is 5.32 Å². The average Bonchev–Trinajstić information content (AvgIpc) is 2.57. The first-order valence-corrected chi connectivity index (χ1v) is 14.6. The summed E-state index contributed by atoms with van der Waals surface area (Å²) in [5.74, 6) is 0. The maximum atomic E-state index is 6.13. The highest BCUT2D eigenvalue weighted by molar-refractivity contribution is 6.73. The second-order valence-electron chi connectivity index (χ2n) is 7.58. The Morgan fingerprint density at radius 2 is 1.67 bits per heavy atom. The van der Waals surface area contributed by atoms with Crippen molar-refractivity contribution in [3.05, 3.63) is 0 Å². The van der Waals surface area contributed by atoms with Crippen molar-refractivity contribution in [2.45, 2.75) is 38.5 Å². The van der Waals surface area contributed by atoms with Crippen molar-refractivity contribution >= 4 is 17.0 Å². The van der Waals surface area contributed by atoms with Crippen LogP contribution in [0.5, 0.6) is 0 Å². The van der Waals surface area contributed by atoms with Crippen molar-refractivity contribution in [1.82, 2.24) is 14.8 Å². The molecule has 0 aromatic carbocycles. The maximum Gasteiger partial charge on any atom is 0.500 e. The molecule has 1 heterocycles. The standard InChI is InChI=1S/C16H39N3O3Si2/c1-18(23(4,5)6)11-8-16-24(20-2,21-3)22-15-7-12-19-13-9-17-10-14-19/h17H,7-16H2,1-6H3. The molecule has 0 amide bonds. The molecule has 8 heteroatoms. The van der Waals surface area contributed by atoms with E-state index in [9.17, 15) is 0 Å². The number of nitrogens with zero attached hydrogens (tertiary/aromatic N) is 2. The van der Waals surface area contributed by atoms with Crippen LogP contribution in [0.2, 0.25) is 25.7 Å². The fourth-order valence-electron chi connectivity index (χ4n) is 2.80. The Kier molecular flexibility index (Phi) is 10.2. The summed E-state index contributed by atoms with van der Waals surface area (Å²) in [5.41, 5.74) is 0. The van der Waals surface area contributed by atoms with E-state index in [-0.39, 0.29) is 0 Å². The predicted molar refractivity (Wildman–Crippen MR) is 105 cm³/mol. The molecule has 1 saturated heterocycles. The lowest BCUT2D eigenvalue weighted by atomic mass is 10.3. The number of hydrogen-bond donors (Lipinski definition) is 1. The van der Waals surface area contributed by atoms with Gasteiger partial charge in [-0.2, -0.15) is 0 Å². The van der Waals surface area contributed by atoms with Crippen molar-refractivity contribution < 1.29 is 13.3 Å². The largest absolute Gasteiger partial charge is 0.500 e. The van der Waals surface area contributed by atoms with Gasteiger partial charge in [-0.1, -0.05) is 19.6 Å². The van der Waals surface area contributed by atoms with Gasteiger partial charge in [-0.15, -0.1) is 0 Å². The summed E-state index contributed by atoms with van der Waals surface area (Å²) in [4.78, 5) is 2.49. The molecule has 0 unspecified atom stereocenters. The summed E-state index contributed by atoms with van der Waals surface area (Å²) in [5, 5.41) is 3.38. The summed E-state index contributed by atoms with van der Waals surface area (Å²) < 4.78 is 20.1. The third-order valence-electron chi connectivity index (χ3n) is 4.89. The van der Waals surface area contributed by atoms with Crippen LogP contribution in [-0.2, 0) is 13.3 Å². The van der Waals surface area contributed by atoms with E-state index < -0.39 is 17.0 Å². The van der Waals surface area contributed by atoms with Crippen LogP contribution in [0.3, 0.4) is 0 Å². The lowest BCUT2D eigenvalue weighted by Gasteiger charge is -2.32. The Morgan fingerprint density at radius 1 is 1.04 bits per heavy atom. The average molecular weight is 378 g/mol. The van der Waals surface area contributed by atoms with E-state index in [2.05, 4.69) is 41.5 Å². The van der Waals surface area contributed by atoms with Gasteiger partial charge in [0.2, 0.25) is 0 Å². The van der Waals surface area contributed by atoms with E-state index in [1.807, 2.05) is 0 Å². The summed E-state index contributed by atoms with van der Waals surface area (Å²) in [6.07, 6.45) is 2.10. The summed E-state index contributed by atoms with van der Waals surface area (Å²) >= 11 is 0. The van der Waals surface area contributed by atoms with Crippen molar-refractivity contribution in [3.8, 4) is 0 Å². The number of nitrogens with one attached hydrogen (secondary N) is 1. The van der Waals surface area contributed by atoms with Crippen molar-refractivity contribution in [2.75, 3.05) is 67.1 Å². The first-order chi connectivity index (χ1) is 11.3. The van der Waals surface area contributed by atoms with E-state index in [1.54, 1.807) is 14.2 Å². The molecule has 0 bridgehead atoms. The molecule has 1 aliphatic heterocycles. The molecule has 0 aliphatic carbocycles. The zero-order valence-electron chi connectivity index (χ0n) is 16.7. The molecule has 1 rings (SSSR count). The highest BCUT2D eigenvalue weighted by Gasteiger charge is 2.38. The highest BCUT2D eigenvalue weighted by atomic mass is 28.4. The molecule has 1 fully saturated rings. The molecule has 0 aromatic heterocycles. The Hall–Kier alpha value is 0.194. The normalized spacial score (nSPS) is 17.6. The van der Waals surface area contributed by atoms with Gasteiger partial charge in [0.05, 0.1) is 0 Å². The van der Waals surface area contributed by atoms with Gasteiger partial charge in [-0.05, 0) is 26.4 Å². The van der Waals surface area contributed by atoms with Gasteiger partial charge < -0.3 is 28.1 Å². The van der Waals surface area contributed by atoms with Gasteiger partial charge in [-0.25, -0.2) is 0 Å². The zero-order chi connectivity index (χ0) is 18.1. The highest BCUT2D eigenvalue weighted by Crippen LogP contribution is 2.18. The van der Waals surface area contributed by atoms with Gasteiger partial charge in [0, 0.05) is 59.6 Å². The van der Waals surface area contributed by atoms with Crippen molar-refractivity contribution in [3.63, 3.8) is 0 Å². The molecule has 6 nitrogen and oxygen atoms in total. The van der Waals surface area contributed by atoms with Crippen LogP contribution in [0.25, 0.3) is 0 Å². The third kappa shape index (κ3) is 8.05. The van der Waals surface area contributed by atoms with Crippen LogP contribution in [0, 0.1) is 0 Å². The maximum absolute atomic E-state index is 6.13. The van der Waals surface area contributed by atoms with Crippen LogP contribution in [0.15, 0.2) is 0 Å².